The van der Waals surface area contributed by atoms with Gasteiger partial charge in [0.2, 0.25) is 0 Å². The number of aromatic nitrogens is 1. The molecule has 1 aliphatic rings. The zero-order chi connectivity index (χ0) is 18.2. The van der Waals surface area contributed by atoms with Gasteiger partial charge >= 0.3 is 0 Å². The number of nitrogens with zero attached hydrogens (tertiary/aromatic N) is 1. The molecule has 0 amide bonds. The maximum atomic E-state index is 5.77. The van der Waals surface area contributed by atoms with E-state index in [0.717, 1.165) is 58.1 Å². The summed E-state index contributed by atoms with van der Waals surface area (Å²) in [4.78, 5) is 7.64. The number of aromatic amines is 1. The van der Waals surface area contributed by atoms with Gasteiger partial charge in [0.25, 0.3) is 0 Å². The lowest BCUT2D eigenvalue weighted by atomic mass is 10.1. The number of halogens is 1. The van der Waals surface area contributed by atoms with E-state index in [1.807, 2.05) is 0 Å². The van der Waals surface area contributed by atoms with Gasteiger partial charge in [0, 0.05) is 50.5 Å². The molecule has 1 aromatic heterocycles. The number of aryl methyl sites for hydroxylation is 1. The molecule has 150 valence electrons. The Morgan fingerprint density at radius 3 is 2.96 bits per heavy atom. The number of benzene rings is 1. The smallest absolute Gasteiger partial charge is 0.190 e. The molecule has 0 saturated carbocycles. The first-order valence-electron chi connectivity index (χ1n) is 9.47. The van der Waals surface area contributed by atoms with Crippen LogP contribution in [-0.2, 0) is 15.9 Å². The van der Waals surface area contributed by atoms with Crippen molar-refractivity contribution in [2.75, 3.05) is 40.0 Å². The summed E-state index contributed by atoms with van der Waals surface area (Å²) in [7, 11) is 1.80. The number of ether oxygens (including phenoxy) is 2. The van der Waals surface area contributed by atoms with Crippen LogP contribution in [0.15, 0.2) is 29.4 Å². The molecule has 1 aromatic carbocycles. The van der Waals surface area contributed by atoms with Crippen LogP contribution in [0, 0.1) is 6.92 Å². The number of hydrogen-bond donors (Lipinski definition) is 3. The molecule has 1 fully saturated rings. The van der Waals surface area contributed by atoms with E-state index in [9.17, 15) is 0 Å². The highest BCUT2D eigenvalue weighted by molar-refractivity contribution is 14.0. The number of rotatable bonds is 8. The first-order chi connectivity index (χ1) is 12.8. The van der Waals surface area contributed by atoms with Crippen molar-refractivity contribution < 1.29 is 9.47 Å². The molecule has 1 saturated heterocycles. The molecule has 3 N–H and O–H groups in total. The number of fused-ring (bicyclic) bond motifs is 1. The van der Waals surface area contributed by atoms with Gasteiger partial charge in [-0.2, -0.15) is 0 Å². The van der Waals surface area contributed by atoms with Crippen molar-refractivity contribution in [3.63, 3.8) is 0 Å². The van der Waals surface area contributed by atoms with Crippen LogP contribution in [0.1, 0.15) is 24.0 Å². The minimum Gasteiger partial charge on any atom is -0.379 e. The lowest BCUT2D eigenvalue weighted by Gasteiger charge is -2.13. The quantitative estimate of drug-likeness (QED) is 0.232. The summed E-state index contributed by atoms with van der Waals surface area (Å²) in [6, 6.07) is 6.37. The van der Waals surface area contributed by atoms with Gasteiger partial charge in [-0.1, -0.05) is 12.1 Å². The van der Waals surface area contributed by atoms with E-state index in [2.05, 4.69) is 51.9 Å². The average Bonchev–Trinajstić information content (AvgIpc) is 3.30. The summed E-state index contributed by atoms with van der Waals surface area (Å²) in [6.07, 6.45) is 5.32. The van der Waals surface area contributed by atoms with E-state index in [4.69, 9.17) is 9.47 Å². The van der Waals surface area contributed by atoms with Gasteiger partial charge < -0.3 is 25.1 Å². The van der Waals surface area contributed by atoms with Crippen LogP contribution in [0.3, 0.4) is 0 Å². The monoisotopic (exact) mass is 486 g/mol. The highest BCUT2D eigenvalue weighted by Gasteiger charge is 2.15. The fraction of sp³-hybridized carbons (Fsp3) is 0.550. The van der Waals surface area contributed by atoms with Crippen molar-refractivity contribution in [2.24, 2.45) is 4.99 Å². The molecule has 27 heavy (non-hydrogen) atoms. The molecule has 2 aromatic rings. The third kappa shape index (κ3) is 6.36. The highest BCUT2D eigenvalue weighted by Crippen LogP contribution is 2.22. The molecule has 0 aliphatic carbocycles. The van der Waals surface area contributed by atoms with E-state index in [1.54, 1.807) is 7.05 Å². The normalized spacial score (nSPS) is 17.1. The largest absolute Gasteiger partial charge is 0.379 e. The Morgan fingerprint density at radius 2 is 2.19 bits per heavy atom. The Bertz CT molecular complexity index is 726. The SMILES string of the molecule is CN=C(NCCCOC1CCOC1)NCCc1c[nH]c2cccc(C)c12.I. The van der Waals surface area contributed by atoms with Crippen molar-refractivity contribution in [2.45, 2.75) is 32.3 Å². The van der Waals surface area contributed by atoms with E-state index in [0.29, 0.717) is 0 Å². The van der Waals surface area contributed by atoms with E-state index >= 15 is 0 Å². The Kier molecular flexibility index (Phi) is 9.36. The first-order valence-corrected chi connectivity index (χ1v) is 9.47. The van der Waals surface area contributed by atoms with Crippen LogP contribution < -0.4 is 10.6 Å². The summed E-state index contributed by atoms with van der Waals surface area (Å²) in [5.74, 6) is 0.839. The third-order valence-electron chi connectivity index (χ3n) is 4.76. The van der Waals surface area contributed by atoms with Crippen molar-refractivity contribution in [1.82, 2.24) is 15.6 Å². The summed E-state index contributed by atoms with van der Waals surface area (Å²) in [6.45, 7) is 6.18. The van der Waals surface area contributed by atoms with Crippen molar-refractivity contribution >= 4 is 40.8 Å². The van der Waals surface area contributed by atoms with Gasteiger partial charge in [-0.3, -0.25) is 4.99 Å². The number of nitrogens with one attached hydrogen (secondary N) is 3. The lowest BCUT2D eigenvalue weighted by molar-refractivity contribution is 0.0420. The van der Waals surface area contributed by atoms with E-state index in [-0.39, 0.29) is 30.1 Å². The number of hydrogen-bond acceptors (Lipinski definition) is 3. The molecular weight excluding hydrogens is 455 g/mol. The fourth-order valence-electron chi connectivity index (χ4n) is 3.36. The molecule has 0 bridgehead atoms. The maximum Gasteiger partial charge on any atom is 0.190 e. The molecule has 0 radical (unpaired) electrons. The Labute approximate surface area is 178 Å². The molecule has 1 aliphatic heterocycles. The second-order valence-electron chi connectivity index (χ2n) is 6.70. The molecule has 3 rings (SSSR count). The molecule has 2 heterocycles. The molecule has 7 heteroatoms. The van der Waals surface area contributed by atoms with Crippen LogP contribution >= 0.6 is 24.0 Å². The molecular formula is C20H31IN4O2. The third-order valence-corrected chi connectivity index (χ3v) is 4.76. The predicted molar refractivity (Wildman–Crippen MR) is 121 cm³/mol. The Morgan fingerprint density at radius 1 is 1.33 bits per heavy atom. The van der Waals surface area contributed by atoms with Gasteiger partial charge in [-0.05, 0) is 43.4 Å². The average molecular weight is 486 g/mol. The minimum atomic E-state index is 0. The van der Waals surface area contributed by atoms with Crippen molar-refractivity contribution in [1.29, 1.82) is 0 Å². The predicted octanol–water partition coefficient (Wildman–Crippen LogP) is 3.00. The van der Waals surface area contributed by atoms with Gasteiger partial charge in [-0.15, -0.1) is 24.0 Å². The van der Waals surface area contributed by atoms with Crippen LogP contribution in [0.5, 0.6) is 0 Å². The van der Waals surface area contributed by atoms with Crippen LogP contribution in [-0.4, -0.2) is 57.0 Å². The van der Waals surface area contributed by atoms with E-state index < -0.39 is 0 Å². The molecule has 1 atom stereocenters. The van der Waals surface area contributed by atoms with Gasteiger partial charge in [0.05, 0.1) is 12.7 Å². The number of H-pyrrole nitrogens is 1. The zero-order valence-corrected chi connectivity index (χ0v) is 18.5. The highest BCUT2D eigenvalue weighted by atomic mass is 127. The van der Waals surface area contributed by atoms with Gasteiger partial charge in [0.15, 0.2) is 5.96 Å². The summed E-state index contributed by atoms with van der Waals surface area (Å²) >= 11 is 0. The van der Waals surface area contributed by atoms with Crippen molar-refractivity contribution in [3.05, 3.63) is 35.5 Å². The second kappa shape index (κ2) is 11.5. The lowest BCUT2D eigenvalue weighted by Crippen LogP contribution is -2.39. The first kappa shape index (κ1) is 22.0. The fourth-order valence-corrected chi connectivity index (χ4v) is 3.36. The Balaban J connectivity index is 0.00000261. The Hall–Kier alpha value is -1.32. The second-order valence-corrected chi connectivity index (χ2v) is 6.70. The topological polar surface area (TPSA) is 70.7 Å². The van der Waals surface area contributed by atoms with E-state index in [1.165, 1.54) is 22.0 Å². The minimum absolute atomic E-state index is 0. The van der Waals surface area contributed by atoms with Crippen LogP contribution in [0.4, 0.5) is 0 Å². The van der Waals surface area contributed by atoms with Crippen molar-refractivity contribution in [3.8, 4) is 0 Å². The zero-order valence-electron chi connectivity index (χ0n) is 16.2. The number of guanidine groups is 1. The molecule has 6 nitrogen and oxygen atoms in total. The van der Waals surface area contributed by atoms with Crippen LogP contribution in [0.2, 0.25) is 0 Å². The summed E-state index contributed by atoms with van der Waals surface area (Å²) in [5.41, 5.74) is 3.86. The van der Waals surface area contributed by atoms with Gasteiger partial charge in [-0.25, -0.2) is 0 Å². The summed E-state index contributed by atoms with van der Waals surface area (Å²) in [5, 5.41) is 8.07. The summed E-state index contributed by atoms with van der Waals surface area (Å²) < 4.78 is 11.1. The van der Waals surface area contributed by atoms with Crippen LogP contribution in [0.25, 0.3) is 10.9 Å². The molecule has 1 unspecified atom stereocenters. The maximum absolute atomic E-state index is 5.77. The van der Waals surface area contributed by atoms with Gasteiger partial charge in [0.1, 0.15) is 0 Å². The standard InChI is InChI=1S/C20H30N4O2.HI/c1-15-5-3-6-18-19(15)16(13-24-18)7-10-23-20(21-2)22-9-4-11-26-17-8-12-25-14-17;/h3,5-6,13,17,24H,4,7-12,14H2,1-2H3,(H2,21,22,23);1H. The molecule has 0 spiro atoms. The number of aliphatic imine (C=N–C) groups is 1.